The Labute approximate surface area is 135 Å². The van der Waals surface area contributed by atoms with Crippen LogP contribution < -0.4 is 4.90 Å². The molecule has 1 amide bonds. The van der Waals surface area contributed by atoms with Gasteiger partial charge in [0.05, 0.1) is 5.69 Å². The zero-order chi connectivity index (χ0) is 16.4. The molecule has 0 aliphatic carbocycles. The molecule has 122 valence electrons. The first-order valence-electron chi connectivity index (χ1n) is 7.90. The van der Waals surface area contributed by atoms with Gasteiger partial charge in [-0.15, -0.1) is 0 Å². The second kappa shape index (κ2) is 6.36. The molecule has 0 unspecified atom stereocenters. The molecule has 2 aromatic rings. The van der Waals surface area contributed by atoms with Crippen molar-refractivity contribution in [3.8, 4) is 0 Å². The Balaban J connectivity index is 1.63. The number of amides is 1. The van der Waals surface area contributed by atoms with Crippen molar-refractivity contribution in [2.75, 3.05) is 31.1 Å². The van der Waals surface area contributed by atoms with E-state index in [-0.39, 0.29) is 11.9 Å². The molecule has 0 aromatic carbocycles. The van der Waals surface area contributed by atoms with Gasteiger partial charge in [0.25, 0.3) is 0 Å². The quantitative estimate of drug-likeness (QED) is 0.851. The highest BCUT2D eigenvalue weighted by molar-refractivity contribution is 5.80. The van der Waals surface area contributed by atoms with Crippen LogP contribution in [0.5, 0.6) is 0 Å². The van der Waals surface area contributed by atoms with Crippen molar-refractivity contribution in [1.29, 1.82) is 0 Å². The molecule has 0 N–H and O–H groups in total. The summed E-state index contributed by atoms with van der Waals surface area (Å²) in [5.41, 5.74) is 1.95. The van der Waals surface area contributed by atoms with Gasteiger partial charge in [0.1, 0.15) is 6.04 Å². The van der Waals surface area contributed by atoms with Crippen LogP contribution in [0.3, 0.4) is 0 Å². The smallest absolute Gasteiger partial charge is 0.247 e. The molecule has 3 heterocycles. The second-order valence-electron chi connectivity index (χ2n) is 5.91. The van der Waals surface area contributed by atoms with Crippen molar-refractivity contribution in [3.63, 3.8) is 0 Å². The van der Waals surface area contributed by atoms with Gasteiger partial charge in [0.2, 0.25) is 11.9 Å². The number of nitrogens with zero attached hydrogens (tertiary/aromatic N) is 6. The highest BCUT2D eigenvalue weighted by Crippen LogP contribution is 2.16. The summed E-state index contributed by atoms with van der Waals surface area (Å²) in [6.45, 7) is 8.70. The summed E-state index contributed by atoms with van der Waals surface area (Å²) >= 11 is 0. The Morgan fingerprint density at radius 2 is 1.78 bits per heavy atom. The number of piperazine rings is 1. The summed E-state index contributed by atoms with van der Waals surface area (Å²) in [5, 5.41) is 4.43. The number of anilines is 1. The van der Waals surface area contributed by atoms with Gasteiger partial charge in [-0.1, -0.05) is 0 Å². The number of aryl methyl sites for hydroxylation is 2. The average Bonchev–Trinajstić information content (AvgIpc) is 2.93. The minimum absolute atomic E-state index is 0.116. The van der Waals surface area contributed by atoms with E-state index in [9.17, 15) is 4.79 Å². The monoisotopic (exact) mass is 314 g/mol. The first-order valence-corrected chi connectivity index (χ1v) is 7.90. The zero-order valence-electron chi connectivity index (χ0n) is 13.8. The van der Waals surface area contributed by atoms with Crippen LogP contribution in [0.15, 0.2) is 24.5 Å². The third kappa shape index (κ3) is 3.18. The van der Waals surface area contributed by atoms with E-state index < -0.39 is 0 Å². The fourth-order valence-electron chi connectivity index (χ4n) is 2.99. The number of rotatable bonds is 3. The first-order chi connectivity index (χ1) is 11.1. The molecule has 1 atom stereocenters. The summed E-state index contributed by atoms with van der Waals surface area (Å²) in [6, 6.07) is 3.52. The van der Waals surface area contributed by atoms with Crippen LogP contribution in [0.25, 0.3) is 0 Å². The maximum Gasteiger partial charge on any atom is 0.247 e. The molecular weight excluding hydrogens is 292 g/mol. The SMILES string of the molecule is Cc1cc(C)n([C@H](C)C(=O)N2CCN(c3ncccn3)CC2)n1. The lowest BCUT2D eigenvalue weighted by Crippen LogP contribution is -2.50. The standard InChI is InChI=1S/C16H22N6O/c1-12-11-13(2)22(19-12)14(3)15(23)20-7-9-21(10-8-20)16-17-5-4-6-18-16/h4-6,11,14H,7-10H2,1-3H3/t14-/m1/s1. The lowest BCUT2D eigenvalue weighted by atomic mass is 10.2. The van der Waals surface area contributed by atoms with Crippen molar-refractivity contribution in [2.24, 2.45) is 0 Å². The van der Waals surface area contributed by atoms with Crippen LogP contribution in [0.2, 0.25) is 0 Å². The number of aromatic nitrogens is 4. The third-order valence-electron chi connectivity index (χ3n) is 4.20. The Hall–Kier alpha value is -2.44. The van der Waals surface area contributed by atoms with Crippen LogP contribution in [0.4, 0.5) is 5.95 Å². The fraction of sp³-hybridized carbons (Fsp3) is 0.500. The van der Waals surface area contributed by atoms with E-state index in [4.69, 9.17) is 0 Å². The molecule has 1 aliphatic heterocycles. The van der Waals surface area contributed by atoms with Crippen LogP contribution in [0.1, 0.15) is 24.4 Å². The van der Waals surface area contributed by atoms with Crippen molar-refractivity contribution in [3.05, 3.63) is 35.9 Å². The lowest BCUT2D eigenvalue weighted by molar-refractivity contribution is -0.134. The molecule has 0 radical (unpaired) electrons. The van der Waals surface area contributed by atoms with Gasteiger partial charge in [-0.2, -0.15) is 5.10 Å². The number of carbonyl (C=O) groups excluding carboxylic acids is 1. The Kier molecular flexibility index (Phi) is 4.27. The van der Waals surface area contributed by atoms with E-state index >= 15 is 0 Å². The Morgan fingerprint density at radius 3 is 2.35 bits per heavy atom. The average molecular weight is 314 g/mol. The summed E-state index contributed by atoms with van der Waals surface area (Å²) in [4.78, 5) is 25.3. The molecular formula is C16H22N6O. The predicted molar refractivity (Wildman–Crippen MR) is 87.2 cm³/mol. The molecule has 1 saturated heterocycles. The van der Waals surface area contributed by atoms with Gasteiger partial charge in [0, 0.05) is 44.3 Å². The molecule has 1 fully saturated rings. The van der Waals surface area contributed by atoms with Crippen LogP contribution in [0, 0.1) is 13.8 Å². The number of hydrogen-bond donors (Lipinski definition) is 0. The summed E-state index contributed by atoms with van der Waals surface area (Å²) in [5.74, 6) is 0.844. The highest BCUT2D eigenvalue weighted by Gasteiger charge is 2.27. The molecule has 2 aromatic heterocycles. The lowest BCUT2D eigenvalue weighted by Gasteiger charge is -2.36. The third-order valence-corrected chi connectivity index (χ3v) is 4.20. The van der Waals surface area contributed by atoms with Crippen molar-refractivity contribution < 1.29 is 4.79 Å². The van der Waals surface area contributed by atoms with Gasteiger partial charge >= 0.3 is 0 Å². The van der Waals surface area contributed by atoms with Crippen LogP contribution in [-0.4, -0.2) is 56.7 Å². The fourth-order valence-corrected chi connectivity index (χ4v) is 2.99. The highest BCUT2D eigenvalue weighted by atomic mass is 16.2. The summed E-state index contributed by atoms with van der Waals surface area (Å²) in [6.07, 6.45) is 3.48. The van der Waals surface area contributed by atoms with Gasteiger partial charge in [-0.05, 0) is 32.9 Å². The maximum absolute atomic E-state index is 12.7. The zero-order valence-corrected chi connectivity index (χ0v) is 13.8. The molecule has 7 heteroatoms. The molecule has 3 rings (SSSR count). The molecule has 0 bridgehead atoms. The van der Waals surface area contributed by atoms with Crippen molar-refractivity contribution in [1.82, 2.24) is 24.6 Å². The van der Waals surface area contributed by atoms with E-state index in [2.05, 4.69) is 20.0 Å². The summed E-state index contributed by atoms with van der Waals surface area (Å²) in [7, 11) is 0. The number of carbonyl (C=O) groups is 1. The van der Waals surface area contributed by atoms with E-state index in [0.29, 0.717) is 13.1 Å². The Bertz CT molecular complexity index is 675. The van der Waals surface area contributed by atoms with E-state index in [0.717, 1.165) is 30.4 Å². The van der Waals surface area contributed by atoms with Crippen molar-refractivity contribution in [2.45, 2.75) is 26.8 Å². The minimum Gasteiger partial charge on any atom is -0.337 e. The Morgan fingerprint density at radius 1 is 1.13 bits per heavy atom. The van der Waals surface area contributed by atoms with Crippen LogP contribution >= 0.6 is 0 Å². The van der Waals surface area contributed by atoms with E-state index in [1.165, 1.54) is 0 Å². The van der Waals surface area contributed by atoms with Gasteiger partial charge in [0.15, 0.2) is 0 Å². The topological polar surface area (TPSA) is 67.2 Å². The normalized spacial score (nSPS) is 16.5. The summed E-state index contributed by atoms with van der Waals surface area (Å²) < 4.78 is 1.81. The molecule has 0 spiro atoms. The predicted octanol–water partition coefficient (Wildman–Crippen LogP) is 1.20. The molecule has 7 nitrogen and oxygen atoms in total. The molecule has 23 heavy (non-hydrogen) atoms. The van der Waals surface area contributed by atoms with Gasteiger partial charge < -0.3 is 9.80 Å². The largest absolute Gasteiger partial charge is 0.337 e. The van der Waals surface area contributed by atoms with E-state index in [1.54, 1.807) is 18.5 Å². The van der Waals surface area contributed by atoms with Gasteiger partial charge in [-0.25, -0.2) is 9.97 Å². The number of hydrogen-bond acceptors (Lipinski definition) is 5. The second-order valence-corrected chi connectivity index (χ2v) is 5.91. The minimum atomic E-state index is -0.275. The van der Waals surface area contributed by atoms with Crippen LogP contribution in [-0.2, 0) is 4.79 Å². The maximum atomic E-state index is 12.7. The first kappa shape index (κ1) is 15.5. The van der Waals surface area contributed by atoms with Crippen molar-refractivity contribution >= 4 is 11.9 Å². The van der Waals surface area contributed by atoms with Gasteiger partial charge in [-0.3, -0.25) is 9.48 Å². The molecule has 0 saturated carbocycles. The van der Waals surface area contributed by atoms with E-state index in [1.807, 2.05) is 36.4 Å². The molecule has 1 aliphatic rings.